The summed E-state index contributed by atoms with van der Waals surface area (Å²) in [7, 11) is 0. The quantitative estimate of drug-likeness (QED) is 0.405. The highest BCUT2D eigenvalue weighted by atomic mass is 19.2. The van der Waals surface area contributed by atoms with Crippen LogP contribution in [0.3, 0.4) is 0 Å². The molecule has 0 radical (unpaired) electrons. The SMILES string of the molecule is CC(=NNc1c(F)c(F)cc(F)c1F)c1cccnc1. The second-order valence-corrected chi connectivity index (χ2v) is 3.89. The zero-order valence-electron chi connectivity index (χ0n) is 10.3. The number of nitrogens with zero attached hydrogens (tertiary/aromatic N) is 2. The number of hydrogen-bond acceptors (Lipinski definition) is 3. The standard InChI is InChI=1S/C13H9F4N3/c1-7(8-3-2-4-18-6-8)19-20-13-11(16)9(14)5-10(15)12(13)17/h2-6,20H,1H3. The molecule has 0 aliphatic rings. The van der Waals surface area contributed by atoms with Crippen LogP contribution < -0.4 is 5.43 Å². The van der Waals surface area contributed by atoms with Crippen LogP contribution in [0.4, 0.5) is 23.2 Å². The van der Waals surface area contributed by atoms with Crippen molar-refractivity contribution in [3.8, 4) is 0 Å². The fourth-order valence-electron chi connectivity index (χ4n) is 1.45. The van der Waals surface area contributed by atoms with Gasteiger partial charge in [-0.1, -0.05) is 6.07 Å². The summed E-state index contributed by atoms with van der Waals surface area (Å²) in [6, 6.07) is 3.46. The van der Waals surface area contributed by atoms with Crippen LogP contribution in [-0.2, 0) is 0 Å². The number of anilines is 1. The van der Waals surface area contributed by atoms with Gasteiger partial charge in [0.25, 0.3) is 0 Å². The van der Waals surface area contributed by atoms with E-state index >= 15 is 0 Å². The fraction of sp³-hybridized carbons (Fsp3) is 0.0769. The Labute approximate surface area is 112 Å². The van der Waals surface area contributed by atoms with E-state index < -0.39 is 29.0 Å². The highest BCUT2D eigenvalue weighted by Gasteiger charge is 2.18. The molecule has 0 saturated heterocycles. The molecular weight excluding hydrogens is 274 g/mol. The van der Waals surface area contributed by atoms with Gasteiger partial charge in [0.2, 0.25) is 0 Å². The summed E-state index contributed by atoms with van der Waals surface area (Å²) in [5, 5.41) is 3.68. The summed E-state index contributed by atoms with van der Waals surface area (Å²) < 4.78 is 52.7. The van der Waals surface area contributed by atoms with Crippen molar-refractivity contribution in [3.63, 3.8) is 0 Å². The summed E-state index contributed by atoms with van der Waals surface area (Å²) in [5.41, 5.74) is 1.95. The molecule has 3 nitrogen and oxygen atoms in total. The highest BCUT2D eigenvalue weighted by Crippen LogP contribution is 2.24. The predicted molar refractivity (Wildman–Crippen MR) is 66.3 cm³/mol. The maximum Gasteiger partial charge on any atom is 0.186 e. The second kappa shape index (κ2) is 5.68. The summed E-state index contributed by atoms with van der Waals surface area (Å²) in [4.78, 5) is 3.85. The maximum atomic E-state index is 13.4. The molecule has 0 amide bonds. The molecule has 20 heavy (non-hydrogen) atoms. The van der Waals surface area contributed by atoms with Crippen LogP contribution in [0, 0.1) is 23.3 Å². The van der Waals surface area contributed by atoms with Gasteiger partial charge in [-0.15, -0.1) is 0 Å². The van der Waals surface area contributed by atoms with Crippen molar-refractivity contribution in [1.29, 1.82) is 0 Å². The largest absolute Gasteiger partial charge is 0.272 e. The van der Waals surface area contributed by atoms with E-state index in [0.717, 1.165) is 0 Å². The summed E-state index contributed by atoms with van der Waals surface area (Å²) >= 11 is 0. The number of benzene rings is 1. The van der Waals surface area contributed by atoms with Crippen molar-refractivity contribution >= 4 is 11.4 Å². The second-order valence-electron chi connectivity index (χ2n) is 3.89. The van der Waals surface area contributed by atoms with Crippen LogP contribution in [-0.4, -0.2) is 10.7 Å². The minimum atomic E-state index is -1.54. The van der Waals surface area contributed by atoms with E-state index in [-0.39, 0.29) is 6.07 Å². The molecule has 0 aliphatic heterocycles. The average molecular weight is 283 g/mol. The van der Waals surface area contributed by atoms with Gasteiger partial charge in [0.15, 0.2) is 23.3 Å². The van der Waals surface area contributed by atoms with E-state index in [1.54, 1.807) is 25.3 Å². The molecule has 2 rings (SSSR count). The lowest BCUT2D eigenvalue weighted by molar-refractivity contribution is 0.458. The van der Waals surface area contributed by atoms with Crippen molar-refractivity contribution in [1.82, 2.24) is 4.98 Å². The lowest BCUT2D eigenvalue weighted by atomic mass is 10.2. The third-order valence-corrected chi connectivity index (χ3v) is 2.53. The van der Waals surface area contributed by atoms with Gasteiger partial charge < -0.3 is 0 Å². The number of nitrogens with one attached hydrogen (secondary N) is 1. The summed E-state index contributed by atoms with van der Waals surface area (Å²) in [6.07, 6.45) is 3.03. The van der Waals surface area contributed by atoms with Crippen molar-refractivity contribution in [2.75, 3.05) is 5.43 Å². The third kappa shape index (κ3) is 2.76. The minimum Gasteiger partial charge on any atom is -0.272 e. The van der Waals surface area contributed by atoms with Crippen LogP contribution in [0.1, 0.15) is 12.5 Å². The summed E-state index contributed by atoms with van der Waals surface area (Å²) in [5.74, 6) is -6.07. The molecular formula is C13H9F4N3. The van der Waals surface area contributed by atoms with E-state index in [1.165, 1.54) is 6.20 Å². The Bertz CT molecular complexity index is 630. The maximum absolute atomic E-state index is 13.4. The molecule has 0 fully saturated rings. The molecule has 0 spiro atoms. The van der Waals surface area contributed by atoms with Gasteiger partial charge in [0, 0.05) is 24.0 Å². The Balaban J connectivity index is 2.32. The Morgan fingerprint density at radius 2 is 1.80 bits per heavy atom. The fourth-order valence-corrected chi connectivity index (χ4v) is 1.45. The lowest BCUT2D eigenvalue weighted by Gasteiger charge is -2.07. The van der Waals surface area contributed by atoms with Gasteiger partial charge in [-0.3, -0.25) is 10.4 Å². The first kappa shape index (κ1) is 14.0. The van der Waals surface area contributed by atoms with E-state index in [2.05, 4.69) is 10.1 Å². The average Bonchev–Trinajstić information content (AvgIpc) is 2.46. The monoisotopic (exact) mass is 283 g/mol. The van der Waals surface area contributed by atoms with Crippen LogP contribution >= 0.6 is 0 Å². The molecule has 7 heteroatoms. The first-order valence-electron chi connectivity index (χ1n) is 5.54. The number of rotatable bonds is 3. The number of aromatic nitrogens is 1. The molecule has 0 saturated carbocycles. The molecule has 104 valence electrons. The van der Waals surface area contributed by atoms with Gasteiger partial charge in [-0.05, 0) is 13.0 Å². The van der Waals surface area contributed by atoms with E-state index in [9.17, 15) is 17.6 Å². The number of pyridine rings is 1. The van der Waals surface area contributed by atoms with Gasteiger partial charge in [0.05, 0.1) is 5.71 Å². The topological polar surface area (TPSA) is 37.3 Å². The van der Waals surface area contributed by atoms with Crippen LogP contribution in [0.15, 0.2) is 35.7 Å². The number of hydrazone groups is 1. The molecule has 1 N–H and O–H groups in total. The third-order valence-electron chi connectivity index (χ3n) is 2.53. The normalized spacial score (nSPS) is 11.6. The Hall–Kier alpha value is -2.44. The molecule has 0 bridgehead atoms. The van der Waals surface area contributed by atoms with Crippen molar-refractivity contribution in [2.24, 2.45) is 5.10 Å². The van der Waals surface area contributed by atoms with Gasteiger partial charge in [-0.25, -0.2) is 17.6 Å². The Morgan fingerprint density at radius 1 is 1.15 bits per heavy atom. The predicted octanol–water partition coefficient (Wildman–Crippen LogP) is 3.47. The minimum absolute atomic E-state index is 0.132. The van der Waals surface area contributed by atoms with Crippen molar-refractivity contribution < 1.29 is 17.6 Å². The molecule has 2 aromatic rings. The van der Waals surface area contributed by atoms with Crippen molar-refractivity contribution in [2.45, 2.75) is 6.92 Å². The highest BCUT2D eigenvalue weighted by molar-refractivity contribution is 5.98. The zero-order chi connectivity index (χ0) is 14.7. The molecule has 0 aliphatic carbocycles. The Morgan fingerprint density at radius 3 is 2.35 bits per heavy atom. The molecule has 1 aromatic carbocycles. The van der Waals surface area contributed by atoms with Crippen LogP contribution in [0.2, 0.25) is 0 Å². The molecule has 0 atom stereocenters. The Kier molecular flexibility index (Phi) is 3.97. The van der Waals surface area contributed by atoms with E-state index in [1.807, 2.05) is 5.43 Å². The zero-order valence-corrected chi connectivity index (χ0v) is 10.3. The number of hydrogen-bond donors (Lipinski definition) is 1. The van der Waals surface area contributed by atoms with Crippen LogP contribution in [0.5, 0.6) is 0 Å². The van der Waals surface area contributed by atoms with Gasteiger partial charge in [0.1, 0.15) is 5.69 Å². The summed E-state index contributed by atoms with van der Waals surface area (Å²) in [6.45, 7) is 1.55. The smallest absolute Gasteiger partial charge is 0.186 e. The molecule has 1 heterocycles. The molecule has 0 unspecified atom stereocenters. The van der Waals surface area contributed by atoms with E-state index in [4.69, 9.17) is 0 Å². The number of halogens is 4. The first-order chi connectivity index (χ1) is 9.50. The first-order valence-corrected chi connectivity index (χ1v) is 5.54. The van der Waals surface area contributed by atoms with Crippen LogP contribution in [0.25, 0.3) is 0 Å². The molecule has 1 aromatic heterocycles. The lowest BCUT2D eigenvalue weighted by Crippen LogP contribution is -2.05. The van der Waals surface area contributed by atoms with Crippen molar-refractivity contribution in [3.05, 3.63) is 59.4 Å². The van der Waals surface area contributed by atoms with Gasteiger partial charge >= 0.3 is 0 Å². The van der Waals surface area contributed by atoms with Gasteiger partial charge in [-0.2, -0.15) is 5.10 Å². The van der Waals surface area contributed by atoms with E-state index in [0.29, 0.717) is 11.3 Å².